The highest BCUT2D eigenvalue weighted by molar-refractivity contribution is 7.99. The lowest BCUT2D eigenvalue weighted by Gasteiger charge is -2.25. The van der Waals surface area contributed by atoms with Gasteiger partial charge < -0.3 is 4.74 Å². The molecule has 1 heterocycles. The molecule has 3 nitrogen and oxygen atoms in total. The second-order valence-corrected chi connectivity index (χ2v) is 6.71. The molecular weight excluding hydrogens is 244 g/mol. The van der Waals surface area contributed by atoms with Crippen molar-refractivity contribution < 1.29 is 4.74 Å². The van der Waals surface area contributed by atoms with Gasteiger partial charge in [-0.2, -0.15) is 17.0 Å². The Morgan fingerprint density at radius 2 is 2.33 bits per heavy atom. The van der Waals surface area contributed by atoms with Crippen molar-refractivity contribution in [1.82, 2.24) is 5.32 Å². The summed E-state index contributed by atoms with van der Waals surface area (Å²) in [6.07, 6.45) is 4.92. The standard InChI is InChI=1S/C14H26N2OS/c1-12(2)16-14(3,11-15)7-5-9-18-10-13-6-4-8-17-13/h12-13,16H,4-10H2,1-3H3. The largest absolute Gasteiger partial charge is 0.377 e. The SMILES string of the molecule is CC(C)NC(C)(C#N)CCCSCC1CCCO1. The number of nitrogens with zero attached hydrogens (tertiary/aromatic N) is 1. The van der Waals surface area contributed by atoms with Gasteiger partial charge in [-0.3, -0.25) is 5.32 Å². The van der Waals surface area contributed by atoms with Crippen LogP contribution in [0.2, 0.25) is 0 Å². The Morgan fingerprint density at radius 3 is 2.89 bits per heavy atom. The smallest absolute Gasteiger partial charge is 0.104 e. The molecule has 1 N–H and O–H groups in total. The molecule has 1 rings (SSSR count). The topological polar surface area (TPSA) is 45.0 Å². The lowest BCUT2D eigenvalue weighted by atomic mass is 9.97. The van der Waals surface area contributed by atoms with Gasteiger partial charge in [0, 0.05) is 18.4 Å². The molecule has 18 heavy (non-hydrogen) atoms. The van der Waals surface area contributed by atoms with E-state index in [4.69, 9.17) is 4.74 Å². The minimum absolute atomic E-state index is 0.356. The minimum Gasteiger partial charge on any atom is -0.377 e. The lowest BCUT2D eigenvalue weighted by Crippen LogP contribution is -2.44. The first-order valence-corrected chi connectivity index (χ1v) is 8.09. The van der Waals surface area contributed by atoms with Crippen LogP contribution in [0.25, 0.3) is 0 Å². The summed E-state index contributed by atoms with van der Waals surface area (Å²) in [4.78, 5) is 0. The number of hydrogen-bond acceptors (Lipinski definition) is 4. The molecule has 4 heteroatoms. The molecule has 2 unspecified atom stereocenters. The predicted molar refractivity (Wildman–Crippen MR) is 77.8 cm³/mol. The number of thioether (sulfide) groups is 1. The van der Waals surface area contributed by atoms with Crippen LogP contribution < -0.4 is 5.32 Å². The molecule has 1 aliphatic rings. The van der Waals surface area contributed by atoms with E-state index in [1.165, 1.54) is 12.8 Å². The van der Waals surface area contributed by atoms with Crippen LogP contribution in [0.15, 0.2) is 0 Å². The highest BCUT2D eigenvalue weighted by atomic mass is 32.2. The van der Waals surface area contributed by atoms with E-state index in [0.29, 0.717) is 12.1 Å². The van der Waals surface area contributed by atoms with Crippen molar-refractivity contribution in [1.29, 1.82) is 5.26 Å². The maximum Gasteiger partial charge on any atom is 0.104 e. The van der Waals surface area contributed by atoms with E-state index in [1.807, 2.05) is 18.7 Å². The van der Waals surface area contributed by atoms with E-state index in [1.54, 1.807) is 0 Å². The van der Waals surface area contributed by atoms with E-state index >= 15 is 0 Å². The molecule has 1 fully saturated rings. The highest BCUT2D eigenvalue weighted by Gasteiger charge is 2.23. The van der Waals surface area contributed by atoms with Gasteiger partial charge in [0.2, 0.25) is 0 Å². The van der Waals surface area contributed by atoms with Crippen molar-refractivity contribution in [2.45, 2.75) is 64.1 Å². The summed E-state index contributed by atoms with van der Waals surface area (Å²) in [6, 6.07) is 2.75. The molecule has 0 saturated carbocycles. The second-order valence-electron chi connectivity index (χ2n) is 5.56. The van der Waals surface area contributed by atoms with Gasteiger partial charge in [-0.25, -0.2) is 0 Å². The molecule has 0 radical (unpaired) electrons. The zero-order valence-electron chi connectivity index (χ0n) is 11.9. The van der Waals surface area contributed by atoms with Gasteiger partial charge in [0.05, 0.1) is 12.2 Å². The molecule has 0 amide bonds. The molecule has 1 aliphatic heterocycles. The Hall–Kier alpha value is -0.240. The minimum atomic E-state index is -0.376. The van der Waals surface area contributed by atoms with Crippen LogP contribution in [0.3, 0.4) is 0 Å². The monoisotopic (exact) mass is 270 g/mol. The summed E-state index contributed by atoms with van der Waals surface area (Å²) >= 11 is 1.96. The molecule has 0 aromatic rings. The fraction of sp³-hybridized carbons (Fsp3) is 0.929. The molecule has 1 saturated heterocycles. The number of nitrogens with one attached hydrogen (secondary N) is 1. The first-order chi connectivity index (χ1) is 8.56. The molecule has 0 aromatic carbocycles. The number of rotatable bonds is 8. The quantitative estimate of drug-likeness (QED) is 0.689. The van der Waals surface area contributed by atoms with Crippen LogP contribution in [-0.4, -0.2) is 35.8 Å². The summed E-state index contributed by atoms with van der Waals surface area (Å²) in [7, 11) is 0. The summed E-state index contributed by atoms with van der Waals surface area (Å²) in [5, 5.41) is 12.6. The third-order valence-corrected chi connectivity index (χ3v) is 4.33. The van der Waals surface area contributed by atoms with Gasteiger partial charge in [0.15, 0.2) is 0 Å². The Kier molecular flexibility index (Phi) is 7.06. The van der Waals surface area contributed by atoms with Crippen LogP contribution in [0, 0.1) is 11.3 Å². The average molecular weight is 270 g/mol. The Labute approximate surface area is 116 Å². The molecule has 2 atom stereocenters. The number of ether oxygens (including phenoxy) is 1. The van der Waals surface area contributed by atoms with Crippen LogP contribution >= 0.6 is 11.8 Å². The molecular formula is C14H26N2OS. The zero-order valence-corrected chi connectivity index (χ0v) is 12.7. The van der Waals surface area contributed by atoms with Crippen LogP contribution in [0.4, 0.5) is 0 Å². The Balaban J connectivity index is 2.09. The van der Waals surface area contributed by atoms with Crippen molar-refractivity contribution in [3.05, 3.63) is 0 Å². The number of hydrogen-bond donors (Lipinski definition) is 1. The third-order valence-electron chi connectivity index (χ3n) is 3.15. The summed E-state index contributed by atoms with van der Waals surface area (Å²) in [5.74, 6) is 2.23. The molecule has 0 aromatic heterocycles. The van der Waals surface area contributed by atoms with Crippen molar-refractivity contribution in [3.8, 4) is 6.07 Å². The van der Waals surface area contributed by atoms with E-state index in [2.05, 4.69) is 25.2 Å². The Morgan fingerprint density at radius 1 is 1.56 bits per heavy atom. The van der Waals surface area contributed by atoms with Crippen LogP contribution in [0.1, 0.15) is 46.5 Å². The normalized spacial score (nSPS) is 22.9. The molecule has 0 spiro atoms. The summed E-state index contributed by atoms with van der Waals surface area (Å²) in [6.45, 7) is 7.11. The predicted octanol–water partition coefficient (Wildman–Crippen LogP) is 2.96. The second kappa shape index (κ2) is 8.04. The average Bonchev–Trinajstić information content (AvgIpc) is 2.80. The maximum absolute atomic E-state index is 9.22. The van der Waals surface area contributed by atoms with Gasteiger partial charge in [-0.05, 0) is 52.2 Å². The first-order valence-electron chi connectivity index (χ1n) is 6.94. The van der Waals surface area contributed by atoms with Crippen molar-refractivity contribution in [2.24, 2.45) is 0 Å². The zero-order chi connectivity index (χ0) is 13.4. The third kappa shape index (κ3) is 6.08. The van der Waals surface area contributed by atoms with Gasteiger partial charge in [0.25, 0.3) is 0 Å². The summed E-state index contributed by atoms with van der Waals surface area (Å²) in [5.41, 5.74) is -0.376. The molecule has 0 bridgehead atoms. The van der Waals surface area contributed by atoms with Crippen molar-refractivity contribution in [3.63, 3.8) is 0 Å². The first kappa shape index (κ1) is 15.8. The summed E-state index contributed by atoms with van der Waals surface area (Å²) < 4.78 is 5.59. The van der Waals surface area contributed by atoms with E-state index in [-0.39, 0.29) is 5.54 Å². The van der Waals surface area contributed by atoms with Gasteiger partial charge in [-0.1, -0.05) is 0 Å². The van der Waals surface area contributed by atoms with E-state index < -0.39 is 0 Å². The van der Waals surface area contributed by atoms with Crippen LogP contribution in [0.5, 0.6) is 0 Å². The highest BCUT2D eigenvalue weighted by Crippen LogP contribution is 2.19. The molecule has 0 aliphatic carbocycles. The fourth-order valence-electron chi connectivity index (χ4n) is 2.32. The van der Waals surface area contributed by atoms with Crippen molar-refractivity contribution in [2.75, 3.05) is 18.1 Å². The van der Waals surface area contributed by atoms with Gasteiger partial charge >= 0.3 is 0 Å². The molecule has 104 valence electrons. The van der Waals surface area contributed by atoms with Crippen molar-refractivity contribution >= 4 is 11.8 Å². The Bertz CT molecular complexity index is 271. The van der Waals surface area contributed by atoms with E-state index in [9.17, 15) is 5.26 Å². The van der Waals surface area contributed by atoms with Gasteiger partial charge in [-0.15, -0.1) is 0 Å². The fourth-order valence-corrected chi connectivity index (χ4v) is 3.36. The van der Waals surface area contributed by atoms with E-state index in [0.717, 1.165) is 31.0 Å². The van der Waals surface area contributed by atoms with Gasteiger partial charge in [0.1, 0.15) is 5.54 Å². The maximum atomic E-state index is 9.22. The lowest BCUT2D eigenvalue weighted by molar-refractivity contribution is 0.129. The number of nitriles is 1. The van der Waals surface area contributed by atoms with Crippen LogP contribution in [-0.2, 0) is 4.74 Å².